The van der Waals surface area contributed by atoms with Gasteiger partial charge in [0, 0.05) is 41.6 Å². The SMILES string of the molecule is Cn1nc(C(C)(C)C)cc1N(C(N)=O)c1ccc(SCc2ccncc2)cc1. The number of thioether (sulfide) groups is 1. The Labute approximate surface area is 169 Å². The Hall–Kier alpha value is -2.80. The Morgan fingerprint density at radius 2 is 1.79 bits per heavy atom. The summed E-state index contributed by atoms with van der Waals surface area (Å²) in [5, 5.41) is 4.55. The van der Waals surface area contributed by atoms with Crippen molar-refractivity contribution in [3.8, 4) is 0 Å². The molecule has 2 N–H and O–H groups in total. The average Bonchev–Trinajstić information content (AvgIpc) is 3.04. The van der Waals surface area contributed by atoms with E-state index in [1.807, 2.05) is 49.5 Å². The van der Waals surface area contributed by atoms with Crippen LogP contribution in [-0.2, 0) is 18.2 Å². The monoisotopic (exact) mass is 395 g/mol. The first-order valence-corrected chi connectivity index (χ1v) is 10.00. The number of rotatable bonds is 5. The number of primary amides is 1. The fraction of sp³-hybridized carbons (Fsp3) is 0.286. The lowest BCUT2D eigenvalue weighted by molar-refractivity contribution is 0.255. The number of anilines is 2. The molecule has 6 nitrogen and oxygen atoms in total. The van der Waals surface area contributed by atoms with Crippen LogP contribution in [0.3, 0.4) is 0 Å². The van der Waals surface area contributed by atoms with Crippen LogP contribution >= 0.6 is 11.8 Å². The molecular formula is C21H25N5OS. The predicted octanol–water partition coefficient (Wildman–Crippen LogP) is 4.62. The summed E-state index contributed by atoms with van der Waals surface area (Å²) in [7, 11) is 1.82. The van der Waals surface area contributed by atoms with Gasteiger partial charge in [0.15, 0.2) is 0 Å². The first-order valence-electron chi connectivity index (χ1n) is 9.01. The van der Waals surface area contributed by atoms with Crippen molar-refractivity contribution >= 4 is 29.3 Å². The maximum atomic E-state index is 12.2. The standard InChI is InChI=1S/C21H25N5OS/c1-21(2,3)18-13-19(25(4)24-18)26(20(22)27)16-5-7-17(8-6-16)28-14-15-9-11-23-12-10-15/h5-13H,14H2,1-4H3,(H2,22,27). The predicted molar refractivity (Wildman–Crippen MR) is 114 cm³/mol. The molecule has 0 aliphatic carbocycles. The van der Waals surface area contributed by atoms with E-state index in [4.69, 9.17) is 5.73 Å². The second-order valence-electron chi connectivity index (χ2n) is 7.57. The minimum Gasteiger partial charge on any atom is -0.351 e. The number of nitrogens with zero attached hydrogens (tertiary/aromatic N) is 4. The third kappa shape index (κ3) is 4.54. The third-order valence-electron chi connectivity index (χ3n) is 4.32. The second-order valence-corrected chi connectivity index (χ2v) is 8.62. The Bertz CT molecular complexity index is 945. The molecule has 146 valence electrons. The largest absolute Gasteiger partial charge is 0.351 e. The average molecular weight is 396 g/mol. The number of carbonyl (C=O) groups excluding carboxylic acids is 1. The number of aromatic nitrogens is 3. The molecule has 0 aliphatic rings. The highest BCUT2D eigenvalue weighted by Gasteiger charge is 2.24. The van der Waals surface area contributed by atoms with E-state index in [9.17, 15) is 4.79 Å². The number of urea groups is 1. The summed E-state index contributed by atoms with van der Waals surface area (Å²) in [5.74, 6) is 1.51. The molecule has 1 aromatic carbocycles. The molecule has 3 rings (SSSR count). The van der Waals surface area contributed by atoms with Gasteiger partial charge in [0.05, 0.1) is 11.4 Å². The van der Waals surface area contributed by atoms with Crippen molar-refractivity contribution in [1.29, 1.82) is 0 Å². The Morgan fingerprint density at radius 1 is 1.14 bits per heavy atom. The van der Waals surface area contributed by atoms with Gasteiger partial charge in [-0.1, -0.05) is 20.8 Å². The van der Waals surface area contributed by atoms with Crippen molar-refractivity contribution in [3.05, 3.63) is 66.1 Å². The van der Waals surface area contributed by atoms with Gasteiger partial charge in [-0.05, 0) is 42.0 Å². The topological polar surface area (TPSA) is 77.0 Å². The zero-order chi connectivity index (χ0) is 20.3. The molecule has 0 bridgehead atoms. The number of benzene rings is 1. The van der Waals surface area contributed by atoms with Crippen LogP contribution in [0.5, 0.6) is 0 Å². The van der Waals surface area contributed by atoms with E-state index in [2.05, 4.69) is 30.9 Å². The van der Waals surface area contributed by atoms with Gasteiger partial charge in [-0.2, -0.15) is 5.10 Å². The molecule has 0 radical (unpaired) electrons. The van der Waals surface area contributed by atoms with E-state index < -0.39 is 6.03 Å². The van der Waals surface area contributed by atoms with Gasteiger partial charge in [-0.15, -0.1) is 11.8 Å². The van der Waals surface area contributed by atoms with Crippen molar-refractivity contribution in [2.45, 2.75) is 36.8 Å². The van der Waals surface area contributed by atoms with Crippen LogP contribution in [0.15, 0.2) is 59.8 Å². The molecule has 2 heterocycles. The summed E-state index contributed by atoms with van der Waals surface area (Å²) in [5.41, 5.74) is 8.41. The van der Waals surface area contributed by atoms with Gasteiger partial charge in [0.1, 0.15) is 5.82 Å². The van der Waals surface area contributed by atoms with Crippen molar-refractivity contribution in [2.75, 3.05) is 4.90 Å². The summed E-state index contributed by atoms with van der Waals surface area (Å²) in [6.45, 7) is 6.26. The lowest BCUT2D eigenvalue weighted by atomic mass is 9.92. The maximum absolute atomic E-state index is 12.2. The van der Waals surface area contributed by atoms with Crippen LogP contribution in [0, 0.1) is 0 Å². The third-order valence-corrected chi connectivity index (χ3v) is 5.41. The highest BCUT2D eigenvalue weighted by atomic mass is 32.2. The molecule has 3 aromatic rings. The molecule has 0 saturated heterocycles. The van der Waals surface area contributed by atoms with E-state index in [0.29, 0.717) is 11.5 Å². The molecule has 0 spiro atoms. The van der Waals surface area contributed by atoms with E-state index in [-0.39, 0.29) is 5.41 Å². The minimum absolute atomic E-state index is 0.118. The molecule has 2 aromatic heterocycles. The lowest BCUT2D eigenvalue weighted by Crippen LogP contribution is -2.32. The fourth-order valence-electron chi connectivity index (χ4n) is 2.74. The zero-order valence-electron chi connectivity index (χ0n) is 16.6. The molecular weight excluding hydrogens is 370 g/mol. The highest BCUT2D eigenvalue weighted by Crippen LogP contribution is 2.31. The van der Waals surface area contributed by atoms with E-state index in [0.717, 1.165) is 16.3 Å². The first-order chi connectivity index (χ1) is 13.3. The summed E-state index contributed by atoms with van der Waals surface area (Å²) in [4.78, 5) is 18.8. The molecule has 2 amide bonds. The van der Waals surface area contributed by atoms with Crippen LogP contribution < -0.4 is 10.6 Å². The van der Waals surface area contributed by atoms with Crippen LogP contribution in [0.25, 0.3) is 0 Å². The number of pyridine rings is 1. The first kappa shape index (κ1) is 19.9. The van der Waals surface area contributed by atoms with Gasteiger partial charge in [0.2, 0.25) is 0 Å². The van der Waals surface area contributed by atoms with Crippen LogP contribution in [0.4, 0.5) is 16.3 Å². The normalized spacial score (nSPS) is 11.4. The molecule has 0 aliphatic heterocycles. The zero-order valence-corrected chi connectivity index (χ0v) is 17.4. The van der Waals surface area contributed by atoms with Gasteiger partial charge in [-0.25, -0.2) is 9.69 Å². The Balaban J connectivity index is 1.81. The van der Waals surface area contributed by atoms with Crippen LogP contribution in [-0.4, -0.2) is 20.8 Å². The van der Waals surface area contributed by atoms with E-state index in [1.165, 1.54) is 10.5 Å². The molecule has 0 atom stereocenters. The number of hydrogen-bond acceptors (Lipinski definition) is 4. The quantitative estimate of drug-likeness (QED) is 0.639. The number of nitrogens with two attached hydrogens (primary N) is 1. The lowest BCUT2D eigenvalue weighted by Gasteiger charge is -2.20. The Kier molecular flexibility index (Phi) is 5.74. The number of amides is 2. The fourth-order valence-corrected chi connectivity index (χ4v) is 3.60. The minimum atomic E-state index is -0.541. The molecule has 7 heteroatoms. The Morgan fingerprint density at radius 3 is 2.32 bits per heavy atom. The van der Waals surface area contributed by atoms with E-state index in [1.54, 1.807) is 28.8 Å². The van der Waals surface area contributed by atoms with E-state index >= 15 is 0 Å². The molecule has 0 unspecified atom stereocenters. The summed E-state index contributed by atoms with van der Waals surface area (Å²) < 4.78 is 1.69. The molecule has 0 fully saturated rings. The molecule has 0 saturated carbocycles. The van der Waals surface area contributed by atoms with Crippen molar-refractivity contribution in [1.82, 2.24) is 14.8 Å². The maximum Gasteiger partial charge on any atom is 0.325 e. The summed E-state index contributed by atoms with van der Waals surface area (Å²) >= 11 is 1.73. The number of carbonyl (C=O) groups is 1. The van der Waals surface area contributed by atoms with Crippen molar-refractivity contribution in [2.24, 2.45) is 12.8 Å². The summed E-state index contributed by atoms with van der Waals surface area (Å²) in [6.07, 6.45) is 3.59. The van der Waals surface area contributed by atoms with Gasteiger partial charge < -0.3 is 5.73 Å². The van der Waals surface area contributed by atoms with Crippen LogP contribution in [0.1, 0.15) is 32.0 Å². The van der Waals surface area contributed by atoms with Gasteiger partial charge >= 0.3 is 6.03 Å². The van der Waals surface area contributed by atoms with Crippen molar-refractivity contribution < 1.29 is 4.79 Å². The molecule has 28 heavy (non-hydrogen) atoms. The van der Waals surface area contributed by atoms with Crippen molar-refractivity contribution in [3.63, 3.8) is 0 Å². The van der Waals surface area contributed by atoms with Gasteiger partial charge in [0.25, 0.3) is 0 Å². The number of hydrogen-bond donors (Lipinski definition) is 1. The highest BCUT2D eigenvalue weighted by molar-refractivity contribution is 7.98. The second kappa shape index (κ2) is 8.06. The smallest absolute Gasteiger partial charge is 0.325 e. The van der Waals surface area contributed by atoms with Crippen LogP contribution in [0.2, 0.25) is 0 Å². The number of aryl methyl sites for hydroxylation is 1. The summed E-state index contributed by atoms with van der Waals surface area (Å²) in [6, 6.07) is 13.2. The van der Waals surface area contributed by atoms with Gasteiger partial charge in [-0.3, -0.25) is 9.67 Å².